The predicted molar refractivity (Wildman–Crippen MR) is 91.1 cm³/mol. The van der Waals surface area contributed by atoms with Crippen LogP contribution < -0.4 is 15.4 Å². The van der Waals surface area contributed by atoms with Crippen LogP contribution in [0.15, 0.2) is 48.5 Å². The van der Waals surface area contributed by atoms with Crippen LogP contribution in [0.3, 0.4) is 0 Å². The van der Waals surface area contributed by atoms with Gasteiger partial charge in [-0.3, -0.25) is 9.59 Å². The fourth-order valence-corrected chi connectivity index (χ4v) is 2.08. The van der Waals surface area contributed by atoms with Crippen LogP contribution in [0.25, 0.3) is 0 Å². The van der Waals surface area contributed by atoms with Crippen molar-refractivity contribution in [2.75, 3.05) is 19.0 Å². The molecule has 0 bridgehead atoms. The summed E-state index contributed by atoms with van der Waals surface area (Å²) in [6, 6.07) is 13.8. The van der Waals surface area contributed by atoms with Gasteiger partial charge in [0.25, 0.3) is 5.91 Å². The highest BCUT2D eigenvalue weighted by Gasteiger charge is 2.07. The highest BCUT2D eigenvalue weighted by molar-refractivity contribution is 5.91. The summed E-state index contributed by atoms with van der Waals surface area (Å²) in [7, 11) is 1.53. The molecule has 6 heteroatoms. The number of aromatic hydroxyl groups is 1. The number of likely N-dealkylation sites (N-methyl/N-ethyl adjacent to an activating group) is 1. The Labute approximate surface area is 140 Å². The van der Waals surface area contributed by atoms with Gasteiger partial charge >= 0.3 is 0 Å². The van der Waals surface area contributed by atoms with Gasteiger partial charge in [0.2, 0.25) is 5.91 Å². The Balaban J connectivity index is 1.87. The average Bonchev–Trinajstić information content (AvgIpc) is 2.59. The van der Waals surface area contributed by atoms with E-state index in [-0.39, 0.29) is 30.6 Å². The maximum atomic E-state index is 12.0. The van der Waals surface area contributed by atoms with Crippen LogP contribution in [-0.2, 0) is 16.0 Å². The zero-order valence-corrected chi connectivity index (χ0v) is 13.4. The van der Waals surface area contributed by atoms with Gasteiger partial charge in [-0.15, -0.1) is 0 Å². The molecule has 0 aliphatic heterocycles. The van der Waals surface area contributed by atoms with E-state index in [1.807, 2.05) is 6.07 Å². The van der Waals surface area contributed by atoms with Crippen LogP contribution in [-0.4, -0.2) is 30.6 Å². The van der Waals surface area contributed by atoms with Crippen molar-refractivity contribution in [3.8, 4) is 11.5 Å². The quantitative estimate of drug-likeness (QED) is 0.726. The molecule has 0 aliphatic carbocycles. The average molecular weight is 328 g/mol. The number of nitrogens with one attached hydrogen (secondary N) is 2. The van der Waals surface area contributed by atoms with Gasteiger partial charge in [-0.2, -0.15) is 0 Å². The van der Waals surface area contributed by atoms with Crippen LogP contribution in [0.2, 0.25) is 0 Å². The van der Waals surface area contributed by atoms with Crippen LogP contribution in [0, 0.1) is 0 Å². The number of ether oxygens (including phenoxy) is 1. The van der Waals surface area contributed by atoms with E-state index in [2.05, 4.69) is 10.6 Å². The Kier molecular flexibility index (Phi) is 6.19. The summed E-state index contributed by atoms with van der Waals surface area (Å²) in [5.74, 6) is 0.292. The molecule has 0 spiro atoms. The highest BCUT2D eigenvalue weighted by atomic mass is 16.5. The topological polar surface area (TPSA) is 87.7 Å². The van der Waals surface area contributed by atoms with Crippen molar-refractivity contribution in [1.29, 1.82) is 0 Å². The lowest BCUT2D eigenvalue weighted by molar-refractivity contribution is -0.122. The third-order valence-electron chi connectivity index (χ3n) is 3.38. The molecule has 0 fully saturated rings. The van der Waals surface area contributed by atoms with Gasteiger partial charge < -0.3 is 20.5 Å². The van der Waals surface area contributed by atoms with E-state index < -0.39 is 0 Å². The smallest absolute Gasteiger partial charge is 0.257 e. The minimum Gasteiger partial charge on any atom is -0.508 e. The lowest BCUT2D eigenvalue weighted by Gasteiger charge is -2.09. The molecule has 0 heterocycles. The molecule has 24 heavy (non-hydrogen) atoms. The molecule has 3 N–H and O–H groups in total. The zero-order chi connectivity index (χ0) is 17.4. The summed E-state index contributed by atoms with van der Waals surface area (Å²) < 4.78 is 5.33. The third-order valence-corrected chi connectivity index (χ3v) is 3.38. The summed E-state index contributed by atoms with van der Waals surface area (Å²) in [5, 5.41) is 14.9. The standard InChI is InChI=1S/C18H20N2O4/c1-19-18(23)12-24-15-7-4-6-14(11-15)20-17(22)10-9-13-5-2-3-8-16(13)21/h2-8,11,21H,9-10,12H2,1H3,(H,19,23)(H,20,22). The minimum absolute atomic E-state index is 0.0822. The monoisotopic (exact) mass is 328 g/mol. The largest absolute Gasteiger partial charge is 0.508 e. The Morgan fingerprint density at radius 3 is 2.62 bits per heavy atom. The lowest BCUT2D eigenvalue weighted by atomic mass is 10.1. The molecule has 0 atom stereocenters. The summed E-state index contributed by atoms with van der Waals surface area (Å²) in [4.78, 5) is 23.2. The van der Waals surface area contributed by atoms with Gasteiger partial charge in [-0.1, -0.05) is 24.3 Å². The number of benzene rings is 2. The molecule has 2 rings (SSSR count). The number of aryl methyl sites for hydroxylation is 1. The number of anilines is 1. The Morgan fingerprint density at radius 1 is 1.08 bits per heavy atom. The molecule has 0 saturated heterocycles. The van der Waals surface area contributed by atoms with Crippen LogP contribution in [0.4, 0.5) is 5.69 Å². The number of phenolic OH excluding ortho intramolecular Hbond substituents is 1. The first-order valence-electron chi connectivity index (χ1n) is 7.58. The van der Waals surface area contributed by atoms with E-state index in [1.54, 1.807) is 42.5 Å². The Hall–Kier alpha value is -3.02. The number of para-hydroxylation sites is 1. The Morgan fingerprint density at radius 2 is 1.88 bits per heavy atom. The molecule has 2 aromatic rings. The molecular weight excluding hydrogens is 308 g/mol. The minimum atomic E-state index is -0.230. The van der Waals surface area contributed by atoms with E-state index in [0.717, 1.165) is 5.56 Å². The number of rotatable bonds is 7. The van der Waals surface area contributed by atoms with Crippen molar-refractivity contribution in [2.45, 2.75) is 12.8 Å². The number of hydrogen-bond donors (Lipinski definition) is 3. The van der Waals surface area contributed by atoms with Crippen molar-refractivity contribution in [3.63, 3.8) is 0 Å². The predicted octanol–water partition coefficient (Wildman–Crippen LogP) is 2.09. The molecule has 2 amide bonds. The van der Waals surface area contributed by atoms with Crippen molar-refractivity contribution in [1.82, 2.24) is 5.32 Å². The second-order valence-corrected chi connectivity index (χ2v) is 5.17. The lowest BCUT2D eigenvalue weighted by Crippen LogP contribution is -2.24. The number of hydrogen-bond acceptors (Lipinski definition) is 4. The first-order valence-corrected chi connectivity index (χ1v) is 7.58. The van der Waals surface area contributed by atoms with Gasteiger partial charge in [0.1, 0.15) is 11.5 Å². The van der Waals surface area contributed by atoms with Gasteiger partial charge in [0.15, 0.2) is 6.61 Å². The summed E-state index contributed by atoms with van der Waals surface area (Å²) in [5.41, 5.74) is 1.32. The molecule has 126 valence electrons. The van der Waals surface area contributed by atoms with Gasteiger partial charge in [-0.25, -0.2) is 0 Å². The van der Waals surface area contributed by atoms with Gasteiger partial charge in [0.05, 0.1) is 0 Å². The van der Waals surface area contributed by atoms with E-state index in [0.29, 0.717) is 17.9 Å². The molecule has 6 nitrogen and oxygen atoms in total. The van der Waals surface area contributed by atoms with E-state index >= 15 is 0 Å². The third kappa shape index (κ3) is 5.31. The van der Waals surface area contributed by atoms with E-state index in [1.165, 1.54) is 7.05 Å². The first-order chi connectivity index (χ1) is 11.6. The molecular formula is C18H20N2O4. The summed E-state index contributed by atoms with van der Waals surface area (Å²) in [6.45, 7) is -0.0822. The van der Waals surface area contributed by atoms with Gasteiger partial charge in [0, 0.05) is 25.2 Å². The summed E-state index contributed by atoms with van der Waals surface area (Å²) in [6.07, 6.45) is 0.701. The second-order valence-electron chi connectivity index (χ2n) is 5.17. The van der Waals surface area contributed by atoms with Crippen molar-refractivity contribution >= 4 is 17.5 Å². The molecule has 0 saturated carbocycles. The zero-order valence-electron chi connectivity index (χ0n) is 13.4. The highest BCUT2D eigenvalue weighted by Crippen LogP contribution is 2.19. The van der Waals surface area contributed by atoms with Crippen molar-refractivity contribution in [2.24, 2.45) is 0 Å². The van der Waals surface area contributed by atoms with E-state index in [4.69, 9.17) is 4.74 Å². The SMILES string of the molecule is CNC(=O)COc1cccc(NC(=O)CCc2ccccc2O)c1. The number of carbonyl (C=O) groups excluding carboxylic acids is 2. The summed E-state index contributed by atoms with van der Waals surface area (Å²) >= 11 is 0. The molecule has 0 aromatic heterocycles. The Bertz CT molecular complexity index is 716. The van der Waals surface area contributed by atoms with Crippen LogP contribution >= 0.6 is 0 Å². The van der Waals surface area contributed by atoms with Crippen LogP contribution in [0.1, 0.15) is 12.0 Å². The number of phenols is 1. The fourth-order valence-electron chi connectivity index (χ4n) is 2.08. The fraction of sp³-hybridized carbons (Fsp3) is 0.222. The van der Waals surface area contributed by atoms with E-state index in [9.17, 15) is 14.7 Å². The maximum absolute atomic E-state index is 12.0. The second kappa shape index (κ2) is 8.57. The normalized spacial score (nSPS) is 10.0. The first kappa shape index (κ1) is 17.3. The molecule has 0 radical (unpaired) electrons. The van der Waals surface area contributed by atoms with Crippen LogP contribution in [0.5, 0.6) is 11.5 Å². The molecule has 2 aromatic carbocycles. The maximum Gasteiger partial charge on any atom is 0.257 e. The number of amides is 2. The van der Waals surface area contributed by atoms with Crippen molar-refractivity contribution < 1.29 is 19.4 Å². The van der Waals surface area contributed by atoms with Crippen molar-refractivity contribution in [3.05, 3.63) is 54.1 Å². The van der Waals surface area contributed by atoms with Gasteiger partial charge in [-0.05, 0) is 30.2 Å². The number of carbonyl (C=O) groups is 2. The molecule has 0 unspecified atom stereocenters. The molecule has 0 aliphatic rings.